The second kappa shape index (κ2) is 11.0. The van der Waals surface area contributed by atoms with Gasteiger partial charge in [0.05, 0.1) is 12.1 Å². The first-order valence-electron chi connectivity index (χ1n) is 9.01. The van der Waals surface area contributed by atoms with E-state index in [1.165, 1.54) is 6.92 Å². The molecule has 0 saturated heterocycles. The number of hydrogen-bond donors (Lipinski definition) is 5. The minimum atomic E-state index is -1.41. The molecule has 0 saturated carbocycles. The van der Waals surface area contributed by atoms with E-state index in [-0.39, 0.29) is 24.8 Å². The molecule has 0 aromatic heterocycles. The highest BCUT2D eigenvalue weighted by molar-refractivity contribution is 6.30. The van der Waals surface area contributed by atoms with Gasteiger partial charge in [-0.05, 0) is 30.5 Å². The number of aliphatic hydroxyl groups is 1. The standard InChI is InChI=1S/C19H28ClN3O5/c1-10(2)16(21)18(26)22-9-13(12-4-6-14(20)7-5-12)8-15(25)23-17(11(3)24)19(27)28/h4-7,10-11,13,16-17,24H,8-9,21H2,1-3H3,(H,22,26)(H,23,25)(H,27,28)/t11?,13-,16-,17-/m0/s1. The van der Waals surface area contributed by atoms with Crippen LogP contribution >= 0.6 is 11.6 Å². The van der Waals surface area contributed by atoms with Crippen LogP contribution in [0.25, 0.3) is 0 Å². The van der Waals surface area contributed by atoms with E-state index >= 15 is 0 Å². The van der Waals surface area contributed by atoms with Gasteiger partial charge >= 0.3 is 5.97 Å². The highest BCUT2D eigenvalue weighted by Gasteiger charge is 2.27. The minimum absolute atomic E-state index is 0.0420. The smallest absolute Gasteiger partial charge is 0.328 e. The first kappa shape index (κ1) is 23.9. The number of nitrogens with two attached hydrogens (primary N) is 1. The Morgan fingerprint density at radius 1 is 1.14 bits per heavy atom. The number of rotatable bonds is 10. The third kappa shape index (κ3) is 7.46. The second-order valence-electron chi connectivity index (χ2n) is 7.09. The average molecular weight is 414 g/mol. The van der Waals surface area contributed by atoms with E-state index < -0.39 is 36.0 Å². The van der Waals surface area contributed by atoms with Crippen molar-refractivity contribution in [2.24, 2.45) is 11.7 Å². The predicted octanol–water partition coefficient (Wildman–Crippen LogP) is 0.863. The van der Waals surface area contributed by atoms with E-state index in [0.29, 0.717) is 5.02 Å². The zero-order valence-corrected chi connectivity index (χ0v) is 16.9. The van der Waals surface area contributed by atoms with Gasteiger partial charge in [-0.1, -0.05) is 37.6 Å². The average Bonchev–Trinajstić information content (AvgIpc) is 2.62. The summed E-state index contributed by atoms with van der Waals surface area (Å²) in [5.74, 6) is -2.69. The van der Waals surface area contributed by atoms with Crippen molar-refractivity contribution in [2.45, 2.75) is 51.3 Å². The van der Waals surface area contributed by atoms with Crippen molar-refractivity contribution in [3.63, 3.8) is 0 Å². The molecule has 0 aliphatic heterocycles. The highest BCUT2D eigenvalue weighted by Crippen LogP contribution is 2.21. The molecular weight excluding hydrogens is 386 g/mol. The third-order valence-electron chi connectivity index (χ3n) is 4.38. The maximum absolute atomic E-state index is 12.4. The monoisotopic (exact) mass is 413 g/mol. The van der Waals surface area contributed by atoms with E-state index in [1.807, 2.05) is 13.8 Å². The van der Waals surface area contributed by atoms with Gasteiger partial charge in [-0.15, -0.1) is 0 Å². The SMILES string of the molecule is CC(C)[C@H](N)C(=O)NC[C@H](CC(=O)N[C@H](C(=O)O)C(C)O)c1ccc(Cl)cc1. The molecule has 0 radical (unpaired) electrons. The largest absolute Gasteiger partial charge is 0.480 e. The lowest BCUT2D eigenvalue weighted by Crippen LogP contribution is -2.48. The summed E-state index contributed by atoms with van der Waals surface area (Å²) in [5, 5.41) is 24.2. The van der Waals surface area contributed by atoms with Crippen LogP contribution in [0.2, 0.25) is 5.02 Å². The number of aliphatic carboxylic acids is 1. The Bertz CT molecular complexity index is 679. The molecule has 0 heterocycles. The summed E-state index contributed by atoms with van der Waals surface area (Å²) in [6.45, 7) is 5.08. The molecule has 156 valence electrons. The molecule has 0 bridgehead atoms. The van der Waals surface area contributed by atoms with Gasteiger partial charge in [0.15, 0.2) is 6.04 Å². The number of amides is 2. The van der Waals surface area contributed by atoms with Crippen LogP contribution in [-0.2, 0) is 14.4 Å². The normalized spacial score (nSPS) is 15.4. The van der Waals surface area contributed by atoms with Crippen LogP contribution in [0.4, 0.5) is 0 Å². The van der Waals surface area contributed by atoms with Crippen molar-refractivity contribution in [3.05, 3.63) is 34.9 Å². The summed E-state index contributed by atoms with van der Waals surface area (Å²) >= 11 is 5.91. The Balaban J connectivity index is 2.89. The van der Waals surface area contributed by atoms with Gasteiger partial charge in [-0.3, -0.25) is 9.59 Å². The first-order chi connectivity index (χ1) is 13.0. The minimum Gasteiger partial charge on any atom is -0.480 e. The molecule has 0 aliphatic rings. The molecule has 0 fully saturated rings. The second-order valence-corrected chi connectivity index (χ2v) is 7.53. The molecule has 1 aromatic carbocycles. The van der Waals surface area contributed by atoms with Gasteiger partial charge in [0.1, 0.15) is 0 Å². The summed E-state index contributed by atoms with van der Waals surface area (Å²) < 4.78 is 0. The van der Waals surface area contributed by atoms with Crippen LogP contribution in [-0.4, -0.2) is 52.7 Å². The van der Waals surface area contributed by atoms with Crippen LogP contribution in [0.15, 0.2) is 24.3 Å². The van der Waals surface area contributed by atoms with Crippen LogP contribution in [0.3, 0.4) is 0 Å². The summed E-state index contributed by atoms with van der Waals surface area (Å²) in [5.41, 5.74) is 6.59. The van der Waals surface area contributed by atoms with E-state index in [9.17, 15) is 19.5 Å². The van der Waals surface area contributed by atoms with Crippen molar-refractivity contribution in [2.75, 3.05) is 6.54 Å². The summed E-state index contributed by atoms with van der Waals surface area (Å²) in [4.78, 5) is 35.7. The summed E-state index contributed by atoms with van der Waals surface area (Å²) in [6.07, 6.45) is -1.34. The zero-order chi connectivity index (χ0) is 21.4. The maximum atomic E-state index is 12.4. The highest BCUT2D eigenvalue weighted by atomic mass is 35.5. The molecule has 1 unspecified atom stereocenters. The first-order valence-corrected chi connectivity index (χ1v) is 9.39. The molecule has 8 nitrogen and oxygen atoms in total. The van der Waals surface area contributed by atoms with Crippen LogP contribution in [0, 0.1) is 5.92 Å². The van der Waals surface area contributed by atoms with E-state index in [0.717, 1.165) is 5.56 Å². The number of carbonyl (C=O) groups excluding carboxylic acids is 2. The molecular formula is C19H28ClN3O5. The Morgan fingerprint density at radius 2 is 1.71 bits per heavy atom. The number of halogens is 1. The fraction of sp³-hybridized carbons (Fsp3) is 0.526. The van der Waals surface area contributed by atoms with Crippen LogP contribution in [0.1, 0.15) is 38.7 Å². The van der Waals surface area contributed by atoms with Gasteiger partial charge in [0.25, 0.3) is 0 Å². The number of nitrogens with one attached hydrogen (secondary N) is 2. The molecule has 9 heteroatoms. The molecule has 1 rings (SSSR count). The number of hydrogen-bond acceptors (Lipinski definition) is 5. The topological polar surface area (TPSA) is 142 Å². The zero-order valence-electron chi connectivity index (χ0n) is 16.2. The molecule has 2 amide bonds. The fourth-order valence-corrected chi connectivity index (χ4v) is 2.66. The van der Waals surface area contributed by atoms with Crippen molar-refractivity contribution in [1.82, 2.24) is 10.6 Å². The number of carbonyl (C=O) groups is 3. The van der Waals surface area contributed by atoms with Crippen LogP contribution in [0.5, 0.6) is 0 Å². The summed E-state index contributed by atoms with van der Waals surface area (Å²) in [6, 6.07) is 4.71. The van der Waals surface area contributed by atoms with Crippen molar-refractivity contribution in [3.8, 4) is 0 Å². The van der Waals surface area contributed by atoms with Crippen molar-refractivity contribution < 1.29 is 24.6 Å². The summed E-state index contributed by atoms with van der Waals surface area (Å²) in [7, 11) is 0. The van der Waals surface area contributed by atoms with Gasteiger partial charge in [-0.25, -0.2) is 4.79 Å². The quantitative estimate of drug-likeness (QED) is 0.385. The molecule has 6 N–H and O–H groups in total. The molecule has 4 atom stereocenters. The van der Waals surface area contributed by atoms with Gasteiger partial charge < -0.3 is 26.6 Å². The number of aliphatic hydroxyl groups excluding tert-OH is 1. The van der Waals surface area contributed by atoms with Gasteiger partial charge in [0, 0.05) is 23.9 Å². The Labute approximate surface area is 169 Å². The molecule has 0 aliphatic carbocycles. The number of carboxylic acids is 1. The fourth-order valence-electron chi connectivity index (χ4n) is 2.53. The Morgan fingerprint density at radius 3 is 2.18 bits per heavy atom. The lowest BCUT2D eigenvalue weighted by atomic mass is 9.94. The van der Waals surface area contributed by atoms with E-state index in [2.05, 4.69) is 10.6 Å². The van der Waals surface area contributed by atoms with Gasteiger partial charge in [0.2, 0.25) is 11.8 Å². The molecule has 1 aromatic rings. The van der Waals surface area contributed by atoms with Crippen molar-refractivity contribution in [1.29, 1.82) is 0 Å². The third-order valence-corrected chi connectivity index (χ3v) is 4.63. The number of carboxylic acid groups (broad SMARTS) is 1. The maximum Gasteiger partial charge on any atom is 0.328 e. The van der Waals surface area contributed by atoms with Crippen LogP contribution < -0.4 is 16.4 Å². The van der Waals surface area contributed by atoms with E-state index in [1.54, 1.807) is 24.3 Å². The van der Waals surface area contributed by atoms with E-state index in [4.69, 9.17) is 22.4 Å². The Hall–Kier alpha value is -2.16. The van der Waals surface area contributed by atoms with Crippen molar-refractivity contribution >= 4 is 29.4 Å². The molecule has 28 heavy (non-hydrogen) atoms. The predicted molar refractivity (Wildman–Crippen MR) is 106 cm³/mol. The molecule has 0 spiro atoms. The number of benzene rings is 1. The Kier molecular flexibility index (Phi) is 9.37. The lowest BCUT2D eigenvalue weighted by molar-refractivity contribution is -0.144. The van der Waals surface area contributed by atoms with Gasteiger partial charge in [-0.2, -0.15) is 0 Å². The lowest BCUT2D eigenvalue weighted by Gasteiger charge is -2.22.